The highest BCUT2D eigenvalue weighted by Crippen LogP contribution is 2.30. The van der Waals surface area contributed by atoms with Crippen LogP contribution in [0.1, 0.15) is 18.7 Å². The highest BCUT2D eigenvalue weighted by atomic mass is 19.1. The van der Waals surface area contributed by atoms with E-state index in [1.165, 1.54) is 24.3 Å². The molecule has 1 saturated heterocycles. The predicted octanol–water partition coefficient (Wildman–Crippen LogP) is 2.67. The molecule has 10 nitrogen and oxygen atoms in total. The first kappa shape index (κ1) is 21.4. The number of pyridine rings is 1. The third-order valence-electron chi connectivity index (χ3n) is 4.89. The Bertz CT molecular complexity index is 1130. The lowest BCUT2D eigenvalue weighted by Gasteiger charge is -2.14. The molecule has 0 spiro atoms. The summed E-state index contributed by atoms with van der Waals surface area (Å²) in [6.45, 7) is 0.413. The van der Waals surface area contributed by atoms with E-state index in [-0.39, 0.29) is 19.6 Å². The summed E-state index contributed by atoms with van der Waals surface area (Å²) in [5.74, 6) is -0.359. The number of benzene rings is 1. The van der Waals surface area contributed by atoms with Gasteiger partial charge in [0.2, 0.25) is 11.7 Å². The van der Waals surface area contributed by atoms with E-state index < -0.39 is 23.9 Å². The molecular weight excluding hydrogens is 421 g/mol. The fourth-order valence-corrected chi connectivity index (χ4v) is 3.32. The summed E-state index contributed by atoms with van der Waals surface area (Å²) in [6, 6.07) is 7.80. The van der Waals surface area contributed by atoms with Gasteiger partial charge in [0.05, 0.1) is 12.2 Å². The third-order valence-corrected chi connectivity index (χ3v) is 4.89. The maximum absolute atomic E-state index is 14.9. The van der Waals surface area contributed by atoms with Gasteiger partial charge < -0.3 is 19.7 Å². The predicted molar refractivity (Wildman–Crippen MR) is 110 cm³/mol. The van der Waals surface area contributed by atoms with Crippen molar-refractivity contribution in [2.75, 3.05) is 18.6 Å². The molecule has 1 fully saturated rings. The van der Waals surface area contributed by atoms with Crippen molar-refractivity contribution in [2.24, 2.45) is 5.73 Å². The lowest BCUT2D eigenvalue weighted by Crippen LogP contribution is -2.25. The fourth-order valence-electron chi connectivity index (χ4n) is 3.32. The second kappa shape index (κ2) is 9.10. The Hall–Kier alpha value is -3.86. The van der Waals surface area contributed by atoms with Crippen LogP contribution >= 0.6 is 0 Å². The summed E-state index contributed by atoms with van der Waals surface area (Å²) in [6.07, 6.45) is 0.877. The van der Waals surface area contributed by atoms with Gasteiger partial charge in [-0.2, -0.15) is 4.98 Å². The lowest BCUT2D eigenvalue weighted by molar-refractivity contribution is -0.118. The van der Waals surface area contributed by atoms with Crippen LogP contribution in [-0.4, -0.2) is 46.9 Å². The maximum atomic E-state index is 14.9. The molecule has 2 N–H and O–H groups in total. The summed E-state index contributed by atoms with van der Waals surface area (Å²) in [4.78, 5) is 32.8. The van der Waals surface area contributed by atoms with Gasteiger partial charge in [0, 0.05) is 30.9 Å². The number of aromatic nitrogens is 3. The van der Waals surface area contributed by atoms with Crippen LogP contribution in [0.3, 0.4) is 0 Å². The number of anilines is 1. The first-order valence-corrected chi connectivity index (χ1v) is 9.79. The first-order chi connectivity index (χ1) is 15.4. The monoisotopic (exact) mass is 441 g/mol. The van der Waals surface area contributed by atoms with Gasteiger partial charge >= 0.3 is 6.09 Å². The van der Waals surface area contributed by atoms with Crippen LogP contribution in [0.5, 0.6) is 0 Å². The quantitative estimate of drug-likeness (QED) is 0.564. The van der Waals surface area contributed by atoms with Gasteiger partial charge in [0.1, 0.15) is 24.2 Å². The number of hydrogen-bond donors (Lipinski definition) is 1. The molecule has 3 heterocycles. The van der Waals surface area contributed by atoms with Gasteiger partial charge in [-0.05, 0) is 30.7 Å². The second-order valence-electron chi connectivity index (χ2n) is 7.16. The number of nitrogens with two attached hydrogens (primary N) is 1. The van der Waals surface area contributed by atoms with E-state index in [2.05, 4.69) is 15.1 Å². The smallest absolute Gasteiger partial charge is 0.414 e. The van der Waals surface area contributed by atoms with E-state index in [0.717, 1.165) is 0 Å². The zero-order valence-corrected chi connectivity index (χ0v) is 17.2. The van der Waals surface area contributed by atoms with E-state index in [0.29, 0.717) is 40.6 Å². The topological polar surface area (TPSA) is 134 Å². The van der Waals surface area contributed by atoms with Crippen molar-refractivity contribution in [3.8, 4) is 22.6 Å². The summed E-state index contributed by atoms with van der Waals surface area (Å²) in [7, 11) is 1.52. The molecule has 11 heteroatoms. The highest BCUT2D eigenvalue weighted by molar-refractivity contribution is 5.90. The molecule has 0 aliphatic carbocycles. The van der Waals surface area contributed by atoms with Crippen LogP contribution in [0.15, 0.2) is 41.1 Å². The number of ether oxygens (including phenoxy) is 2. The van der Waals surface area contributed by atoms with E-state index in [1.54, 1.807) is 24.3 Å². The summed E-state index contributed by atoms with van der Waals surface area (Å²) >= 11 is 0. The minimum absolute atomic E-state index is 0.111. The molecule has 0 saturated carbocycles. The largest absolute Gasteiger partial charge is 0.444 e. The minimum atomic E-state index is -0.592. The molecule has 3 aromatic rings. The van der Waals surface area contributed by atoms with Gasteiger partial charge in [0.15, 0.2) is 0 Å². The van der Waals surface area contributed by atoms with Crippen molar-refractivity contribution in [3.05, 3.63) is 48.2 Å². The standard InChI is InChI=1S/C21H20FN5O5/c1-30-11-19-25-20(26-32-19)17-6-2-12(9-24-17)15-5-3-13(8-16(15)22)27-10-14(31-21(27)29)4-7-18(23)28/h2-3,5-6,8-9,14H,4,7,10-11H2,1H3,(H2,23,28). The Morgan fingerprint density at radius 1 is 1.34 bits per heavy atom. The SMILES string of the molecule is COCc1nc(-c2ccc(-c3ccc(N4CC(CCC(N)=O)OC4=O)cc3F)cn2)no1. The van der Waals surface area contributed by atoms with Crippen molar-refractivity contribution < 1.29 is 28.0 Å². The number of cyclic esters (lactones) is 1. The van der Waals surface area contributed by atoms with Crippen molar-refractivity contribution in [1.29, 1.82) is 0 Å². The number of halogens is 1. The average molecular weight is 441 g/mol. The van der Waals surface area contributed by atoms with Crippen molar-refractivity contribution >= 4 is 17.7 Å². The van der Waals surface area contributed by atoms with Gasteiger partial charge in [-0.3, -0.25) is 14.7 Å². The van der Waals surface area contributed by atoms with Gasteiger partial charge in [-0.15, -0.1) is 0 Å². The van der Waals surface area contributed by atoms with Crippen LogP contribution in [0.2, 0.25) is 0 Å². The van der Waals surface area contributed by atoms with Crippen LogP contribution in [0.4, 0.5) is 14.9 Å². The highest BCUT2D eigenvalue weighted by Gasteiger charge is 2.32. The molecule has 166 valence electrons. The number of carbonyl (C=O) groups is 2. The number of rotatable bonds is 8. The average Bonchev–Trinajstić information content (AvgIpc) is 3.39. The normalized spacial score (nSPS) is 15.8. The minimum Gasteiger partial charge on any atom is -0.444 e. The zero-order chi connectivity index (χ0) is 22.7. The Balaban J connectivity index is 1.48. The molecule has 1 aliphatic heterocycles. The Morgan fingerprint density at radius 3 is 2.88 bits per heavy atom. The van der Waals surface area contributed by atoms with E-state index in [4.69, 9.17) is 19.7 Å². The molecule has 1 aliphatic rings. The van der Waals surface area contributed by atoms with E-state index >= 15 is 0 Å². The summed E-state index contributed by atoms with van der Waals surface area (Å²) in [5.41, 5.74) is 6.83. The molecule has 4 rings (SSSR count). The first-order valence-electron chi connectivity index (χ1n) is 9.79. The Kier molecular flexibility index (Phi) is 6.08. The van der Waals surface area contributed by atoms with Crippen molar-refractivity contribution in [2.45, 2.75) is 25.6 Å². The molecule has 1 aromatic carbocycles. The van der Waals surface area contributed by atoms with Crippen LogP contribution in [0, 0.1) is 5.82 Å². The molecular formula is C21H20FN5O5. The molecule has 0 bridgehead atoms. The van der Waals surface area contributed by atoms with Gasteiger partial charge in [0.25, 0.3) is 5.89 Å². The molecule has 0 radical (unpaired) electrons. The number of nitrogens with zero attached hydrogens (tertiary/aromatic N) is 4. The van der Waals surface area contributed by atoms with Crippen molar-refractivity contribution in [3.63, 3.8) is 0 Å². The second-order valence-corrected chi connectivity index (χ2v) is 7.16. The van der Waals surface area contributed by atoms with Gasteiger partial charge in [-0.25, -0.2) is 9.18 Å². The lowest BCUT2D eigenvalue weighted by atomic mass is 10.1. The Labute approximate surface area is 182 Å². The van der Waals surface area contributed by atoms with Crippen LogP contribution < -0.4 is 10.6 Å². The molecule has 1 atom stereocenters. The number of methoxy groups -OCH3 is 1. The number of hydrogen-bond acceptors (Lipinski definition) is 8. The molecule has 2 amide bonds. The molecule has 2 aromatic heterocycles. The van der Waals surface area contributed by atoms with Crippen LogP contribution in [0.25, 0.3) is 22.6 Å². The van der Waals surface area contributed by atoms with E-state index in [1.807, 2.05) is 0 Å². The van der Waals surface area contributed by atoms with E-state index in [9.17, 15) is 14.0 Å². The number of amides is 2. The zero-order valence-electron chi connectivity index (χ0n) is 17.2. The third kappa shape index (κ3) is 4.57. The summed E-state index contributed by atoms with van der Waals surface area (Å²) < 4.78 is 30.1. The fraction of sp³-hybridized carbons (Fsp3) is 0.286. The number of carbonyl (C=O) groups excluding carboxylic acids is 2. The Morgan fingerprint density at radius 2 is 2.19 bits per heavy atom. The molecule has 1 unspecified atom stereocenters. The van der Waals surface area contributed by atoms with Gasteiger partial charge in [-0.1, -0.05) is 11.2 Å². The number of primary amides is 1. The maximum Gasteiger partial charge on any atom is 0.414 e. The molecule has 32 heavy (non-hydrogen) atoms. The summed E-state index contributed by atoms with van der Waals surface area (Å²) in [5, 5.41) is 3.84. The van der Waals surface area contributed by atoms with Crippen LogP contribution in [-0.2, 0) is 20.9 Å². The van der Waals surface area contributed by atoms with Crippen molar-refractivity contribution in [1.82, 2.24) is 15.1 Å².